The summed E-state index contributed by atoms with van der Waals surface area (Å²) in [5.41, 5.74) is 0.463. The number of carbonyl (C=O) groups is 2. The van der Waals surface area contributed by atoms with Crippen LogP contribution in [0.1, 0.15) is 12.8 Å². The fourth-order valence-corrected chi connectivity index (χ4v) is 2.17. The number of halogens is 2. The molecule has 0 unspecified atom stereocenters. The fraction of sp³-hybridized carbons (Fsp3) is 0.429. The monoisotopic (exact) mass is 329 g/mol. The first kappa shape index (κ1) is 16.1. The van der Waals surface area contributed by atoms with Crippen molar-refractivity contribution in [1.29, 1.82) is 0 Å². The summed E-state index contributed by atoms with van der Waals surface area (Å²) >= 11 is 11.8. The molecular weight excluding hydrogens is 313 g/mol. The molecule has 0 atom stereocenters. The van der Waals surface area contributed by atoms with Crippen LogP contribution in [0.15, 0.2) is 18.2 Å². The summed E-state index contributed by atoms with van der Waals surface area (Å²) in [6.07, 6.45) is 2.09. The molecule has 5 nitrogen and oxygen atoms in total. The van der Waals surface area contributed by atoms with Gasteiger partial charge in [0.25, 0.3) is 0 Å². The Balaban J connectivity index is 1.80. The molecule has 0 heterocycles. The first-order valence-electron chi connectivity index (χ1n) is 6.67. The molecule has 1 aromatic carbocycles. The zero-order chi connectivity index (χ0) is 15.4. The Morgan fingerprint density at radius 3 is 2.57 bits per heavy atom. The van der Waals surface area contributed by atoms with Crippen LogP contribution in [0.5, 0.6) is 0 Å². The summed E-state index contributed by atoms with van der Waals surface area (Å²) in [5, 5.41) is 6.46. The van der Waals surface area contributed by atoms with E-state index < -0.39 is 0 Å². The zero-order valence-corrected chi connectivity index (χ0v) is 13.2. The minimum atomic E-state index is -0.249. The first-order chi connectivity index (χ1) is 9.94. The van der Waals surface area contributed by atoms with Crippen molar-refractivity contribution < 1.29 is 9.59 Å². The second-order valence-corrected chi connectivity index (χ2v) is 6.03. The van der Waals surface area contributed by atoms with Crippen molar-refractivity contribution >= 4 is 40.7 Å². The summed E-state index contributed by atoms with van der Waals surface area (Å²) in [4.78, 5) is 25.2. The van der Waals surface area contributed by atoms with Gasteiger partial charge in [0.05, 0.1) is 23.8 Å². The topological polar surface area (TPSA) is 61.4 Å². The van der Waals surface area contributed by atoms with E-state index in [-0.39, 0.29) is 24.9 Å². The molecule has 7 heteroatoms. The number of likely N-dealkylation sites (N-methyl/N-ethyl adjacent to an activating group) is 1. The summed E-state index contributed by atoms with van der Waals surface area (Å²) in [5.74, 6) is -0.311. The Morgan fingerprint density at radius 1 is 1.24 bits per heavy atom. The van der Waals surface area contributed by atoms with E-state index in [1.807, 2.05) is 0 Å². The third kappa shape index (κ3) is 5.53. The van der Waals surface area contributed by atoms with Crippen molar-refractivity contribution in [2.24, 2.45) is 0 Å². The normalized spacial score (nSPS) is 14.1. The third-order valence-electron chi connectivity index (χ3n) is 2.97. The predicted molar refractivity (Wildman–Crippen MR) is 83.8 cm³/mol. The molecule has 0 spiro atoms. The Hall–Kier alpha value is -1.30. The van der Waals surface area contributed by atoms with Gasteiger partial charge >= 0.3 is 0 Å². The van der Waals surface area contributed by atoms with Gasteiger partial charge in [0, 0.05) is 11.1 Å². The van der Waals surface area contributed by atoms with Gasteiger partial charge in [-0.15, -0.1) is 0 Å². The smallest absolute Gasteiger partial charge is 0.238 e. The van der Waals surface area contributed by atoms with Crippen molar-refractivity contribution in [1.82, 2.24) is 10.2 Å². The van der Waals surface area contributed by atoms with E-state index in [0.717, 1.165) is 12.8 Å². The van der Waals surface area contributed by atoms with Gasteiger partial charge in [0.1, 0.15) is 0 Å². The van der Waals surface area contributed by atoms with Crippen LogP contribution in [-0.4, -0.2) is 42.9 Å². The van der Waals surface area contributed by atoms with E-state index >= 15 is 0 Å². The molecule has 1 aliphatic carbocycles. The van der Waals surface area contributed by atoms with Crippen molar-refractivity contribution in [3.05, 3.63) is 28.2 Å². The molecule has 0 saturated heterocycles. The standard InChI is InChI=1S/C14H17Cl2N3O2/c1-19(7-13(20)17-10-3-4-10)8-14(21)18-12-6-9(15)2-5-11(12)16/h2,5-6,10H,3-4,7-8H2,1H3,(H,17,20)(H,18,21). The second-order valence-electron chi connectivity index (χ2n) is 5.19. The van der Waals surface area contributed by atoms with Crippen LogP contribution >= 0.6 is 23.2 Å². The quantitative estimate of drug-likeness (QED) is 0.840. The van der Waals surface area contributed by atoms with Gasteiger partial charge in [-0.05, 0) is 38.1 Å². The van der Waals surface area contributed by atoms with E-state index in [1.54, 1.807) is 30.1 Å². The van der Waals surface area contributed by atoms with Gasteiger partial charge in [-0.1, -0.05) is 23.2 Å². The van der Waals surface area contributed by atoms with Gasteiger partial charge in [-0.25, -0.2) is 0 Å². The lowest BCUT2D eigenvalue weighted by Gasteiger charge is -2.16. The van der Waals surface area contributed by atoms with Crippen LogP contribution in [0, 0.1) is 0 Å². The number of nitrogens with one attached hydrogen (secondary N) is 2. The lowest BCUT2D eigenvalue weighted by molar-refractivity contribution is -0.123. The highest BCUT2D eigenvalue weighted by Crippen LogP contribution is 2.25. The van der Waals surface area contributed by atoms with Gasteiger partial charge < -0.3 is 10.6 Å². The van der Waals surface area contributed by atoms with Crippen LogP contribution in [0.3, 0.4) is 0 Å². The molecule has 2 amide bonds. The van der Waals surface area contributed by atoms with Crippen LogP contribution in [0.2, 0.25) is 10.0 Å². The number of hydrogen-bond donors (Lipinski definition) is 2. The lowest BCUT2D eigenvalue weighted by atomic mass is 10.3. The number of rotatable bonds is 6. The highest BCUT2D eigenvalue weighted by atomic mass is 35.5. The summed E-state index contributed by atoms with van der Waals surface area (Å²) in [7, 11) is 1.71. The van der Waals surface area contributed by atoms with Crippen molar-refractivity contribution in [3.63, 3.8) is 0 Å². The maximum Gasteiger partial charge on any atom is 0.238 e. The molecule has 0 bridgehead atoms. The van der Waals surface area contributed by atoms with Gasteiger partial charge in [0.15, 0.2) is 0 Å². The molecule has 1 aliphatic rings. The molecular formula is C14H17Cl2N3O2. The zero-order valence-electron chi connectivity index (χ0n) is 11.7. The maximum atomic E-state index is 11.9. The minimum absolute atomic E-state index is 0.0615. The van der Waals surface area contributed by atoms with Crippen LogP contribution < -0.4 is 10.6 Å². The molecule has 0 radical (unpaired) electrons. The molecule has 1 saturated carbocycles. The summed E-state index contributed by atoms with van der Waals surface area (Å²) in [6.45, 7) is 0.286. The highest BCUT2D eigenvalue weighted by molar-refractivity contribution is 6.35. The molecule has 0 aromatic heterocycles. The summed E-state index contributed by atoms with van der Waals surface area (Å²) < 4.78 is 0. The van der Waals surface area contributed by atoms with Gasteiger partial charge in [0.2, 0.25) is 11.8 Å². The minimum Gasteiger partial charge on any atom is -0.352 e. The number of hydrogen-bond acceptors (Lipinski definition) is 3. The number of amides is 2. The number of benzene rings is 1. The molecule has 2 rings (SSSR count). The Morgan fingerprint density at radius 2 is 1.90 bits per heavy atom. The van der Waals surface area contributed by atoms with E-state index in [0.29, 0.717) is 21.8 Å². The van der Waals surface area contributed by atoms with Crippen molar-refractivity contribution in [2.75, 3.05) is 25.5 Å². The molecule has 2 N–H and O–H groups in total. The number of anilines is 1. The summed E-state index contributed by atoms with van der Waals surface area (Å²) in [6, 6.07) is 5.17. The second kappa shape index (κ2) is 7.11. The third-order valence-corrected chi connectivity index (χ3v) is 3.54. The first-order valence-corrected chi connectivity index (χ1v) is 7.42. The van der Waals surface area contributed by atoms with E-state index in [2.05, 4.69) is 10.6 Å². The van der Waals surface area contributed by atoms with Crippen molar-refractivity contribution in [3.8, 4) is 0 Å². The number of carbonyl (C=O) groups excluding carboxylic acids is 2. The Kier molecular flexibility index (Phi) is 5.45. The molecule has 1 fully saturated rings. The largest absolute Gasteiger partial charge is 0.352 e. The Labute approximate surface area is 133 Å². The van der Waals surface area contributed by atoms with Crippen LogP contribution in [0.25, 0.3) is 0 Å². The molecule has 21 heavy (non-hydrogen) atoms. The van der Waals surface area contributed by atoms with Crippen LogP contribution in [-0.2, 0) is 9.59 Å². The SMILES string of the molecule is CN(CC(=O)Nc1cc(Cl)ccc1Cl)CC(=O)NC1CC1. The van der Waals surface area contributed by atoms with E-state index in [9.17, 15) is 9.59 Å². The lowest BCUT2D eigenvalue weighted by Crippen LogP contribution is -2.39. The van der Waals surface area contributed by atoms with Crippen molar-refractivity contribution in [2.45, 2.75) is 18.9 Å². The fourth-order valence-electron chi connectivity index (χ4n) is 1.83. The predicted octanol–water partition coefficient (Wildman–Crippen LogP) is 2.14. The molecule has 0 aliphatic heterocycles. The molecule has 114 valence electrons. The van der Waals surface area contributed by atoms with E-state index in [1.165, 1.54) is 0 Å². The molecule has 1 aromatic rings. The average molecular weight is 330 g/mol. The van der Waals surface area contributed by atoms with Gasteiger partial charge in [-0.3, -0.25) is 14.5 Å². The average Bonchev–Trinajstić information content (AvgIpc) is 3.17. The number of nitrogens with zero attached hydrogens (tertiary/aromatic N) is 1. The van der Waals surface area contributed by atoms with Gasteiger partial charge in [-0.2, -0.15) is 0 Å². The Bertz CT molecular complexity index is 547. The van der Waals surface area contributed by atoms with Crippen LogP contribution in [0.4, 0.5) is 5.69 Å². The van der Waals surface area contributed by atoms with E-state index in [4.69, 9.17) is 23.2 Å². The maximum absolute atomic E-state index is 11.9. The highest BCUT2D eigenvalue weighted by Gasteiger charge is 2.23.